The van der Waals surface area contributed by atoms with E-state index >= 15 is 0 Å². The summed E-state index contributed by atoms with van der Waals surface area (Å²) in [6.07, 6.45) is 0. The number of rotatable bonds is 0. The Morgan fingerprint density at radius 3 is 2.00 bits per heavy atom. The van der Waals surface area contributed by atoms with Gasteiger partial charge in [0.2, 0.25) is 0 Å². The standard InChI is InChI=1S/C7H4S3/c8-7-9-5-3-1-2-4-6(5)10-7/h1-4H. The summed E-state index contributed by atoms with van der Waals surface area (Å²) in [5, 5.41) is 0. The molecule has 0 atom stereocenters. The summed E-state index contributed by atoms with van der Waals surface area (Å²) in [6, 6.07) is 8.29. The molecule has 0 unspecified atom stereocenters. The molecule has 0 radical (unpaired) electrons. The van der Waals surface area contributed by atoms with E-state index in [1.165, 1.54) is 9.40 Å². The molecular formula is C7H4S3. The van der Waals surface area contributed by atoms with Crippen LogP contribution in [-0.4, -0.2) is 0 Å². The summed E-state index contributed by atoms with van der Waals surface area (Å²) < 4.78 is 3.62. The molecule has 0 N–H and O–H groups in total. The maximum atomic E-state index is 5.05. The van der Waals surface area contributed by atoms with Crippen LogP contribution < -0.4 is 0 Å². The van der Waals surface area contributed by atoms with E-state index in [1.54, 1.807) is 22.7 Å². The van der Waals surface area contributed by atoms with Gasteiger partial charge >= 0.3 is 0 Å². The average molecular weight is 184 g/mol. The molecule has 0 aliphatic carbocycles. The Hall–Kier alpha value is -0.250. The molecule has 0 fully saturated rings. The average Bonchev–Trinajstić information content (AvgIpc) is 2.27. The molecule has 1 aromatic carbocycles. The first-order valence-corrected chi connectivity index (χ1v) is 4.89. The van der Waals surface area contributed by atoms with Crippen molar-refractivity contribution in [1.29, 1.82) is 0 Å². The quantitative estimate of drug-likeness (QED) is 0.563. The van der Waals surface area contributed by atoms with Crippen LogP contribution in [0, 0.1) is 3.14 Å². The highest BCUT2D eigenvalue weighted by Gasteiger charge is 1.92. The number of fused-ring (bicyclic) bond motifs is 1. The molecule has 1 heterocycles. The maximum Gasteiger partial charge on any atom is 0.144 e. The molecule has 1 aromatic heterocycles. The van der Waals surface area contributed by atoms with Gasteiger partial charge in [-0.25, -0.2) is 0 Å². The van der Waals surface area contributed by atoms with Crippen LogP contribution in [0.2, 0.25) is 0 Å². The molecule has 0 spiro atoms. The third kappa shape index (κ3) is 1.00. The van der Waals surface area contributed by atoms with Crippen LogP contribution in [0.3, 0.4) is 0 Å². The van der Waals surface area contributed by atoms with E-state index in [1.807, 2.05) is 12.1 Å². The Morgan fingerprint density at radius 1 is 1.00 bits per heavy atom. The predicted octanol–water partition coefficient (Wildman–Crippen LogP) is 3.69. The van der Waals surface area contributed by atoms with Crippen LogP contribution in [0.5, 0.6) is 0 Å². The zero-order valence-electron chi connectivity index (χ0n) is 5.03. The second-order valence-corrected chi connectivity index (χ2v) is 5.19. The van der Waals surface area contributed by atoms with Gasteiger partial charge in [-0.15, -0.1) is 22.7 Å². The van der Waals surface area contributed by atoms with Gasteiger partial charge in [0, 0.05) is 9.40 Å². The lowest BCUT2D eigenvalue weighted by Gasteiger charge is -1.80. The Labute approximate surface area is 71.8 Å². The fourth-order valence-electron chi connectivity index (χ4n) is 0.819. The van der Waals surface area contributed by atoms with Crippen molar-refractivity contribution in [3.05, 3.63) is 27.4 Å². The normalized spacial score (nSPS) is 10.4. The van der Waals surface area contributed by atoms with Crippen LogP contribution in [0.15, 0.2) is 24.3 Å². The summed E-state index contributed by atoms with van der Waals surface area (Å²) in [6.45, 7) is 0. The van der Waals surface area contributed by atoms with Gasteiger partial charge in [-0.1, -0.05) is 24.4 Å². The molecule has 0 saturated carbocycles. The van der Waals surface area contributed by atoms with Gasteiger partial charge in [-0.2, -0.15) is 0 Å². The fraction of sp³-hybridized carbons (Fsp3) is 0. The molecule has 0 saturated heterocycles. The molecule has 50 valence electrons. The highest BCUT2D eigenvalue weighted by Crippen LogP contribution is 2.26. The van der Waals surface area contributed by atoms with Crippen LogP contribution in [0.25, 0.3) is 9.40 Å². The Kier molecular flexibility index (Phi) is 1.56. The monoisotopic (exact) mass is 184 g/mol. The summed E-state index contributed by atoms with van der Waals surface area (Å²) >= 11 is 8.42. The van der Waals surface area contributed by atoms with Crippen molar-refractivity contribution in [2.24, 2.45) is 0 Å². The van der Waals surface area contributed by atoms with Crippen molar-refractivity contribution in [2.75, 3.05) is 0 Å². The van der Waals surface area contributed by atoms with E-state index in [2.05, 4.69) is 12.1 Å². The van der Waals surface area contributed by atoms with E-state index in [4.69, 9.17) is 12.2 Å². The van der Waals surface area contributed by atoms with E-state index in [9.17, 15) is 0 Å². The third-order valence-corrected chi connectivity index (χ3v) is 3.85. The van der Waals surface area contributed by atoms with Gasteiger partial charge in [-0.3, -0.25) is 0 Å². The molecule has 0 aliphatic rings. The smallest absolute Gasteiger partial charge is 0.113 e. The molecule has 2 rings (SSSR count). The van der Waals surface area contributed by atoms with Crippen molar-refractivity contribution in [3.63, 3.8) is 0 Å². The molecule has 0 nitrogen and oxygen atoms in total. The summed E-state index contributed by atoms with van der Waals surface area (Å²) in [5.41, 5.74) is 0. The first kappa shape index (κ1) is 6.46. The predicted molar refractivity (Wildman–Crippen MR) is 50.5 cm³/mol. The zero-order valence-corrected chi connectivity index (χ0v) is 7.48. The molecule has 3 heteroatoms. The molecule has 0 amide bonds. The Balaban J connectivity index is 3.01. The topological polar surface area (TPSA) is 0 Å². The van der Waals surface area contributed by atoms with Crippen molar-refractivity contribution < 1.29 is 0 Å². The minimum atomic E-state index is 1.02. The van der Waals surface area contributed by atoms with Gasteiger partial charge < -0.3 is 0 Å². The van der Waals surface area contributed by atoms with Gasteiger partial charge in [0.15, 0.2) is 0 Å². The molecule has 0 aliphatic heterocycles. The van der Waals surface area contributed by atoms with E-state index in [-0.39, 0.29) is 0 Å². The van der Waals surface area contributed by atoms with Crippen LogP contribution >= 0.6 is 34.9 Å². The lowest BCUT2D eigenvalue weighted by atomic mass is 10.4. The summed E-state index contributed by atoms with van der Waals surface area (Å²) in [5.74, 6) is 0. The van der Waals surface area contributed by atoms with Crippen molar-refractivity contribution in [2.45, 2.75) is 0 Å². The SMILES string of the molecule is S=c1sc2ccccc2s1. The first-order chi connectivity index (χ1) is 4.86. The molecule has 0 bridgehead atoms. The van der Waals surface area contributed by atoms with Gasteiger partial charge in [-0.05, 0) is 12.1 Å². The van der Waals surface area contributed by atoms with E-state index < -0.39 is 0 Å². The Morgan fingerprint density at radius 2 is 1.50 bits per heavy atom. The number of hydrogen-bond acceptors (Lipinski definition) is 3. The largest absolute Gasteiger partial charge is 0.144 e. The van der Waals surface area contributed by atoms with Crippen LogP contribution in [0.4, 0.5) is 0 Å². The van der Waals surface area contributed by atoms with Gasteiger partial charge in [0.25, 0.3) is 0 Å². The van der Waals surface area contributed by atoms with Gasteiger partial charge in [0.1, 0.15) is 3.14 Å². The van der Waals surface area contributed by atoms with Gasteiger partial charge in [0.05, 0.1) is 0 Å². The van der Waals surface area contributed by atoms with Crippen molar-refractivity contribution >= 4 is 44.3 Å². The summed E-state index contributed by atoms with van der Waals surface area (Å²) in [7, 11) is 0. The second kappa shape index (κ2) is 2.42. The molecule has 2 aromatic rings. The minimum Gasteiger partial charge on any atom is -0.113 e. The van der Waals surface area contributed by atoms with Crippen LogP contribution in [-0.2, 0) is 0 Å². The highest BCUT2D eigenvalue weighted by molar-refractivity contribution is 7.77. The maximum absolute atomic E-state index is 5.05. The lowest BCUT2D eigenvalue weighted by Crippen LogP contribution is -1.54. The zero-order chi connectivity index (χ0) is 6.97. The second-order valence-electron chi connectivity index (χ2n) is 1.90. The fourth-order valence-corrected chi connectivity index (χ4v) is 3.30. The first-order valence-electron chi connectivity index (χ1n) is 2.85. The number of hydrogen-bond donors (Lipinski definition) is 0. The Bertz CT molecular complexity index is 360. The summed E-state index contributed by atoms with van der Waals surface area (Å²) in [4.78, 5) is 0. The third-order valence-electron chi connectivity index (χ3n) is 1.24. The van der Waals surface area contributed by atoms with Crippen LogP contribution in [0.1, 0.15) is 0 Å². The number of benzene rings is 1. The molecular weight excluding hydrogens is 180 g/mol. The highest BCUT2D eigenvalue weighted by atomic mass is 32.2. The van der Waals surface area contributed by atoms with Crippen molar-refractivity contribution in [3.8, 4) is 0 Å². The van der Waals surface area contributed by atoms with E-state index in [0.717, 1.165) is 3.14 Å². The van der Waals surface area contributed by atoms with E-state index in [0.29, 0.717) is 0 Å². The minimum absolute atomic E-state index is 1.02. The lowest BCUT2D eigenvalue weighted by molar-refractivity contribution is 1.88. The van der Waals surface area contributed by atoms with Crippen molar-refractivity contribution in [1.82, 2.24) is 0 Å². The molecule has 10 heavy (non-hydrogen) atoms.